The van der Waals surface area contributed by atoms with Crippen LogP contribution >= 0.6 is 0 Å². The molecule has 0 spiro atoms. The van der Waals surface area contributed by atoms with Gasteiger partial charge in [0.25, 0.3) is 0 Å². The Hall–Kier alpha value is -3.14. The number of fused-ring (bicyclic) bond motifs is 1. The number of aromatic nitrogens is 3. The van der Waals surface area contributed by atoms with Crippen molar-refractivity contribution in [1.29, 1.82) is 0 Å². The van der Waals surface area contributed by atoms with E-state index in [1.807, 2.05) is 65.3 Å². The fourth-order valence-electron chi connectivity index (χ4n) is 2.69. The molecule has 0 radical (unpaired) electrons. The van der Waals surface area contributed by atoms with E-state index in [9.17, 15) is 0 Å². The number of benzene rings is 3. The number of rotatable bonds is 4. The van der Waals surface area contributed by atoms with Crippen molar-refractivity contribution in [1.82, 2.24) is 15.0 Å². The lowest BCUT2D eigenvalue weighted by Gasteiger charge is -2.21. The summed E-state index contributed by atoms with van der Waals surface area (Å²) in [4.78, 5) is 0. The normalized spacial score (nSPS) is 12.2. The fourth-order valence-corrected chi connectivity index (χ4v) is 2.69. The van der Waals surface area contributed by atoms with E-state index >= 15 is 0 Å². The third-order valence-corrected chi connectivity index (χ3v) is 3.81. The summed E-state index contributed by atoms with van der Waals surface area (Å²) in [5.41, 5.74) is 4.07. The molecule has 0 aliphatic carbocycles. The minimum absolute atomic E-state index is 0.119. The topological polar surface area (TPSA) is 42.7 Å². The van der Waals surface area contributed by atoms with Crippen LogP contribution in [-0.2, 0) is 0 Å². The molecule has 1 N–H and O–H groups in total. The van der Waals surface area contributed by atoms with Gasteiger partial charge in [-0.05, 0) is 29.8 Å². The maximum atomic E-state index is 4.37. The molecule has 1 aromatic heterocycles. The number of nitrogens with zero attached hydrogens (tertiary/aromatic N) is 3. The number of para-hydroxylation sites is 2. The van der Waals surface area contributed by atoms with E-state index in [1.165, 1.54) is 0 Å². The van der Waals surface area contributed by atoms with E-state index in [0.717, 1.165) is 22.3 Å². The van der Waals surface area contributed by atoms with E-state index in [-0.39, 0.29) is 6.17 Å². The highest BCUT2D eigenvalue weighted by Gasteiger charge is 2.17. The van der Waals surface area contributed by atoms with Gasteiger partial charge in [0.15, 0.2) is 0 Å². The zero-order chi connectivity index (χ0) is 15.5. The monoisotopic (exact) mass is 300 g/mol. The second kappa shape index (κ2) is 5.93. The van der Waals surface area contributed by atoms with Crippen LogP contribution < -0.4 is 5.32 Å². The molecule has 1 heterocycles. The SMILES string of the molecule is c1ccc(NC(c2ccccc2)n2nnc3ccccc32)cc1. The third kappa shape index (κ3) is 2.66. The summed E-state index contributed by atoms with van der Waals surface area (Å²) < 4.78 is 1.93. The van der Waals surface area contributed by atoms with Crippen LogP contribution in [0.25, 0.3) is 11.0 Å². The van der Waals surface area contributed by atoms with Gasteiger partial charge in [0, 0.05) is 5.69 Å². The molecule has 3 aromatic carbocycles. The second-order valence-electron chi connectivity index (χ2n) is 5.35. The summed E-state index contributed by atoms with van der Waals surface area (Å²) in [5, 5.41) is 12.2. The van der Waals surface area contributed by atoms with Crippen LogP contribution in [0, 0.1) is 0 Å². The first-order valence-corrected chi connectivity index (χ1v) is 7.58. The second-order valence-corrected chi connectivity index (χ2v) is 5.35. The molecule has 1 unspecified atom stereocenters. The molecule has 4 nitrogen and oxygen atoms in total. The predicted octanol–water partition coefficient (Wildman–Crippen LogP) is 4.09. The van der Waals surface area contributed by atoms with Crippen molar-refractivity contribution < 1.29 is 0 Å². The van der Waals surface area contributed by atoms with Crippen LogP contribution in [0.5, 0.6) is 0 Å². The minimum atomic E-state index is -0.119. The average molecular weight is 300 g/mol. The molecule has 4 heteroatoms. The first-order valence-electron chi connectivity index (χ1n) is 7.58. The number of hydrogen-bond acceptors (Lipinski definition) is 3. The van der Waals surface area contributed by atoms with Crippen LogP contribution in [0.15, 0.2) is 84.9 Å². The highest BCUT2D eigenvalue weighted by atomic mass is 15.5. The van der Waals surface area contributed by atoms with Crippen molar-refractivity contribution in [3.63, 3.8) is 0 Å². The molecule has 0 bridgehead atoms. The van der Waals surface area contributed by atoms with Gasteiger partial charge in [-0.25, -0.2) is 4.68 Å². The first kappa shape index (κ1) is 13.5. The lowest BCUT2D eigenvalue weighted by atomic mass is 10.1. The number of nitrogens with one attached hydrogen (secondary N) is 1. The molecule has 112 valence electrons. The Morgan fingerprint density at radius 3 is 2.17 bits per heavy atom. The molecule has 0 saturated carbocycles. The lowest BCUT2D eigenvalue weighted by molar-refractivity contribution is 0.571. The van der Waals surface area contributed by atoms with Gasteiger partial charge in [-0.1, -0.05) is 65.9 Å². The molecular formula is C19H16N4. The van der Waals surface area contributed by atoms with Gasteiger partial charge < -0.3 is 5.32 Å². The van der Waals surface area contributed by atoms with Crippen molar-refractivity contribution in [3.8, 4) is 0 Å². The summed E-state index contributed by atoms with van der Waals surface area (Å²) in [6, 6.07) is 28.4. The van der Waals surface area contributed by atoms with Gasteiger partial charge in [0.1, 0.15) is 11.7 Å². The standard InChI is InChI=1S/C19H16N4/c1-3-9-15(10-4-1)19(20-16-11-5-2-6-12-16)23-18-14-8-7-13-17(18)21-22-23/h1-14,19-20H. The average Bonchev–Trinajstić information content (AvgIpc) is 3.05. The first-order chi connectivity index (χ1) is 11.4. The maximum Gasteiger partial charge on any atom is 0.149 e. The molecule has 0 fully saturated rings. The Balaban J connectivity index is 1.82. The van der Waals surface area contributed by atoms with Crippen molar-refractivity contribution in [2.24, 2.45) is 0 Å². The fraction of sp³-hybridized carbons (Fsp3) is 0.0526. The van der Waals surface area contributed by atoms with E-state index in [0.29, 0.717) is 0 Å². The highest BCUT2D eigenvalue weighted by Crippen LogP contribution is 2.24. The van der Waals surface area contributed by atoms with Gasteiger partial charge in [-0.2, -0.15) is 0 Å². The molecule has 4 aromatic rings. The Labute approximate surface area is 134 Å². The van der Waals surface area contributed by atoms with Crippen molar-refractivity contribution >= 4 is 16.7 Å². The molecule has 0 saturated heterocycles. The Morgan fingerprint density at radius 1 is 0.739 bits per heavy atom. The van der Waals surface area contributed by atoms with Crippen LogP contribution in [0.3, 0.4) is 0 Å². The highest BCUT2D eigenvalue weighted by molar-refractivity contribution is 5.74. The summed E-state index contributed by atoms with van der Waals surface area (Å²) in [7, 11) is 0. The lowest BCUT2D eigenvalue weighted by Crippen LogP contribution is -2.21. The Bertz CT molecular complexity index is 900. The van der Waals surface area contributed by atoms with Gasteiger partial charge in [0.2, 0.25) is 0 Å². The number of hydrogen-bond donors (Lipinski definition) is 1. The van der Waals surface area contributed by atoms with Crippen LogP contribution in [0.1, 0.15) is 11.7 Å². The molecule has 4 rings (SSSR count). The zero-order valence-corrected chi connectivity index (χ0v) is 12.5. The van der Waals surface area contributed by atoms with Crippen molar-refractivity contribution in [3.05, 3.63) is 90.5 Å². The van der Waals surface area contributed by atoms with E-state index in [1.54, 1.807) is 0 Å². The molecule has 0 aliphatic rings. The van der Waals surface area contributed by atoms with E-state index in [4.69, 9.17) is 0 Å². The quantitative estimate of drug-likeness (QED) is 0.617. The van der Waals surface area contributed by atoms with Gasteiger partial charge >= 0.3 is 0 Å². The van der Waals surface area contributed by atoms with Crippen LogP contribution in [0.4, 0.5) is 5.69 Å². The third-order valence-electron chi connectivity index (χ3n) is 3.81. The molecule has 23 heavy (non-hydrogen) atoms. The largest absolute Gasteiger partial charge is 0.360 e. The summed E-state index contributed by atoms with van der Waals surface area (Å²) in [6.07, 6.45) is -0.119. The summed E-state index contributed by atoms with van der Waals surface area (Å²) >= 11 is 0. The smallest absolute Gasteiger partial charge is 0.149 e. The molecule has 0 aliphatic heterocycles. The number of anilines is 1. The minimum Gasteiger partial charge on any atom is -0.360 e. The van der Waals surface area contributed by atoms with Gasteiger partial charge in [0.05, 0.1) is 5.52 Å². The van der Waals surface area contributed by atoms with Gasteiger partial charge in [-0.15, -0.1) is 5.10 Å². The zero-order valence-electron chi connectivity index (χ0n) is 12.5. The summed E-state index contributed by atoms with van der Waals surface area (Å²) in [6.45, 7) is 0. The van der Waals surface area contributed by atoms with Crippen molar-refractivity contribution in [2.75, 3.05) is 5.32 Å². The summed E-state index contributed by atoms with van der Waals surface area (Å²) in [5.74, 6) is 0. The molecule has 1 atom stereocenters. The van der Waals surface area contributed by atoms with Gasteiger partial charge in [-0.3, -0.25) is 0 Å². The Morgan fingerprint density at radius 2 is 1.39 bits per heavy atom. The van der Waals surface area contributed by atoms with E-state index in [2.05, 4.69) is 39.9 Å². The molecule has 0 amide bonds. The van der Waals surface area contributed by atoms with E-state index < -0.39 is 0 Å². The van der Waals surface area contributed by atoms with Crippen LogP contribution in [0.2, 0.25) is 0 Å². The predicted molar refractivity (Wildman–Crippen MR) is 92.2 cm³/mol. The molecular weight excluding hydrogens is 284 g/mol. The van der Waals surface area contributed by atoms with Crippen LogP contribution in [-0.4, -0.2) is 15.0 Å². The van der Waals surface area contributed by atoms with Crippen molar-refractivity contribution in [2.45, 2.75) is 6.17 Å². The maximum absolute atomic E-state index is 4.37. The Kier molecular flexibility index (Phi) is 3.48.